The van der Waals surface area contributed by atoms with Crippen molar-refractivity contribution in [3.05, 3.63) is 23.8 Å². The van der Waals surface area contributed by atoms with E-state index in [1.807, 2.05) is 4.90 Å². The third kappa shape index (κ3) is 2.59. The van der Waals surface area contributed by atoms with Gasteiger partial charge < -0.3 is 9.64 Å². The van der Waals surface area contributed by atoms with Gasteiger partial charge >= 0.3 is 0 Å². The topological polar surface area (TPSA) is 79.3 Å². The van der Waals surface area contributed by atoms with Crippen LogP contribution in [-0.4, -0.2) is 63.7 Å². The molecular formula is C17H21N3O4S. The number of sulfonamides is 1. The van der Waals surface area contributed by atoms with Gasteiger partial charge in [0, 0.05) is 32.8 Å². The second kappa shape index (κ2) is 6.19. The highest BCUT2D eigenvalue weighted by molar-refractivity contribution is 7.89. The Hall–Kier alpha value is -1.77. The number of ketones is 1. The number of benzene rings is 1. The van der Waals surface area contributed by atoms with Gasteiger partial charge in [0.15, 0.2) is 5.84 Å². The van der Waals surface area contributed by atoms with E-state index in [1.165, 1.54) is 10.4 Å². The van der Waals surface area contributed by atoms with E-state index in [9.17, 15) is 13.2 Å². The minimum Gasteiger partial charge on any atom is -0.383 e. The van der Waals surface area contributed by atoms with E-state index in [0.717, 1.165) is 31.5 Å². The molecule has 3 aliphatic rings. The molecule has 0 saturated carbocycles. The number of nitrogens with zero attached hydrogens (tertiary/aromatic N) is 3. The van der Waals surface area contributed by atoms with E-state index >= 15 is 0 Å². The average Bonchev–Trinajstić information content (AvgIpc) is 3.20. The van der Waals surface area contributed by atoms with Gasteiger partial charge in [0.1, 0.15) is 0 Å². The molecule has 8 heteroatoms. The Morgan fingerprint density at radius 1 is 1.28 bits per heavy atom. The van der Waals surface area contributed by atoms with Crippen LogP contribution in [0.25, 0.3) is 0 Å². The van der Waals surface area contributed by atoms with Crippen molar-refractivity contribution in [2.45, 2.75) is 30.2 Å². The van der Waals surface area contributed by atoms with Gasteiger partial charge in [-0.15, -0.1) is 0 Å². The standard InChI is InChI=1S/C17H21N3O4S/c1-24-11-12-4-2-9-20(12)25(22,23)13-5-6-15-14(10-13)16(21)17-18-7-3-8-19(15)17/h5-6,10,12H,2-4,7-9,11H2,1H3/t12-/m0/s1. The molecule has 3 aliphatic heterocycles. The highest BCUT2D eigenvalue weighted by atomic mass is 32.2. The second-order valence-corrected chi connectivity index (χ2v) is 8.48. The molecule has 1 aromatic carbocycles. The van der Waals surface area contributed by atoms with Crippen molar-refractivity contribution in [1.29, 1.82) is 0 Å². The predicted octanol–water partition coefficient (Wildman–Crippen LogP) is 1.29. The summed E-state index contributed by atoms with van der Waals surface area (Å²) in [5.41, 5.74) is 1.20. The van der Waals surface area contributed by atoms with Crippen molar-refractivity contribution in [2.75, 3.05) is 38.3 Å². The second-order valence-electron chi connectivity index (χ2n) is 6.59. The average molecular weight is 363 g/mol. The fraction of sp³-hybridized carbons (Fsp3) is 0.529. The molecule has 0 unspecified atom stereocenters. The van der Waals surface area contributed by atoms with Gasteiger partial charge in [-0.1, -0.05) is 0 Å². The zero-order valence-corrected chi connectivity index (χ0v) is 15.0. The maximum Gasteiger partial charge on any atom is 0.243 e. The predicted molar refractivity (Wildman–Crippen MR) is 93.8 cm³/mol. The number of carbonyl (C=O) groups excluding carboxylic acids is 1. The van der Waals surface area contributed by atoms with E-state index in [2.05, 4.69) is 4.99 Å². The molecule has 1 atom stereocenters. The van der Waals surface area contributed by atoms with Gasteiger partial charge in [-0.2, -0.15) is 4.31 Å². The molecule has 25 heavy (non-hydrogen) atoms. The minimum atomic E-state index is -3.65. The lowest BCUT2D eigenvalue weighted by molar-refractivity contribution is 0.106. The number of anilines is 1. The molecule has 0 amide bonds. The summed E-state index contributed by atoms with van der Waals surface area (Å²) in [4.78, 5) is 19.0. The van der Waals surface area contributed by atoms with Gasteiger partial charge in [-0.3, -0.25) is 9.79 Å². The van der Waals surface area contributed by atoms with Gasteiger partial charge in [-0.25, -0.2) is 8.42 Å². The summed E-state index contributed by atoms with van der Waals surface area (Å²) in [5, 5.41) is 0. The number of hydrogen-bond donors (Lipinski definition) is 0. The molecule has 3 heterocycles. The molecule has 1 aromatic rings. The number of Topliss-reactive ketones (excluding diaryl/α,β-unsaturated/α-hetero) is 1. The molecule has 0 aromatic heterocycles. The molecule has 1 saturated heterocycles. The first-order chi connectivity index (χ1) is 12.0. The zero-order chi connectivity index (χ0) is 17.6. The molecule has 134 valence electrons. The van der Waals surface area contributed by atoms with Crippen molar-refractivity contribution < 1.29 is 17.9 Å². The molecule has 0 spiro atoms. The first kappa shape index (κ1) is 16.7. The molecule has 0 radical (unpaired) electrons. The fourth-order valence-electron chi connectivity index (χ4n) is 3.87. The quantitative estimate of drug-likeness (QED) is 0.805. The fourth-order valence-corrected chi connectivity index (χ4v) is 5.57. The Morgan fingerprint density at radius 2 is 2.12 bits per heavy atom. The number of carbonyl (C=O) groups is 1. The van der Waals surface area contributed by atoms with Crippen LogP contribution in [0.1, 0.15) is 29.6 Å². The van der Waals surface area contributed by atoms with Gasteiger partial charge in [0.05, 0.1) is 22.8 Å². The molecule has 7 nitrogen and oxygen atoms in total. The van der Waals surface area contributed by atoms with Crippen LogP contribution in [0.5, 0.6) is 0 Å². The van der Waals surface area contributed by atoms with Crippen LogP contribution >= 0.6 is 0 Å². The Balaban J connectivity index is 1.71. The van der Waals surface area contributed by atoms with Crippen molar-refractivity contribution in [2.24, 2.45) is 4.99 Å². The van der Waals surface area contributed by atoms with Crippen LogP contribution in [0.2, 0.25) is 0 Å². The number of amidine groups is 1. The first-order valence-electron chi connectivity index (χ1n) is 8.55. The van der Waals surface area contributed by atoms with Crippen molar-refractivity contribution in [3.63, 3.8) is 0 Å². The Morgan fingerprint density at radius 3 is 2.92 bits per heavy atom. The maximum absolute atomic E-state index is 13.1. The number of methoxy groups -OCH3 is 1. The van der Waals surface area contributed by atoms with Gasteiger partial charge in [0.25, 0.3) is 0 Å². The summed E-state index contributed by atoms with van der Waals surface area (Å²) in [6.45, 7) is 2.25. The molecule has 0 N–H and O–H groups in total. The van der Waals surface area contributed by atoms with E-state index in [-0.39, 0.29) is 16.7 Å². The number of aliphatic imine (C=N–C) groups is 1. The van der Waals surface area contributed by atoms with Gasteiger partial charge in [-0.05, 0) is 37.5 Å². The Bertz CT molecular complexity index is 849. The SMILES string of the molecule is COC[C@@H]1CCCN1S(=O)(=O)c1ccc2c(c1)C(=O)C1=NCCCN12. The smallest absolute Gasteiger partial charge is 0.243 e. The van der Waals surface area contributed by atoms with E-state index < -0.39 is 10.0 Å². The first-order valence-corrected chi connectivity index (χ1v) is 9.99. The summed E-state index contributed by atoms with van der Waals surface area (Å²) in [7, 11) is -2.07. The Labute approximate surface area is 147 Å². The van der Waals surface area contributed by atoms with Crippen LogP contribution in [0.15, 0.2) is 28.1 Å². The zero-order valence-electron chi connectivity index (χ0n) is 14.1. The molecule has 1 fully saturated rings. The third-order valence-electron chi connectivity index (χ3n) is 5.05. The van der Waals surface area contributed by atoms with E-state index in [4.69, 9.17) is 4.74 Å². The Kier molecular flexibility index (Phi) is 4.13. The third-order valence-corrected chi connectivity index (χ3v) is 7.00. The molecule has 4 rings (SSSR count). The summed E-state index contributed by atoms with van der Waals surface area (Å²) >= 11 is 0. The van der Waals surface area contributed by atoms with E-state index in [1.54, 1.807) is 19.2 Å². The van der Waals surface area contributed by atoms with Crippen LogP contribution in [0.3, 0.4) is 0 Å². The monoisotopic (exact) mass is 363 g/mol. The lowest BCUT2D eigenvalue weighted by atomic mass is 10.1. The van der Waals surface area contributed by atoms with Crippen molar-refractivity contribution >= 4 is 27.3 Å². The number of hydrogen-bond acceptors (Lipinski definition) is 6. The van der Waals surface area contributed by atoms with Crippen LogP contribution in [-0.2, 0) is 14.8 Å². The van der Waals surface area contributed by atoms with E-state index in [0.29, 0.717) is 31.1 Å². The van der Waals surface area contributed by atoms with Crippen LogP contribution in [0, 0.1) is 0 Å². The normalized spacial score (nSPS) is 23.6. The largest absolute Gasteiger partial charge is 0.383 e. The highest BCUT2D eigenvalue weighted by Crippen LogP contribution is 2.35. The lowest BCUT2D eigenvalue weighted by Crippen LogP contribution is -2.38. The highest BCUT2D eigenvalue weighted by Gasteiger charge is 2.39. The summed E-state index contributed by atoms with van der Waals surface area (Å²) in [5.74, 6) is 0.260. The summed E-state index contributed by atoms with van der Waals surface area (Å²) < 4.78 is 32.8. The van der Waals surface area contributed by atoms with Crippen LogP contribution < -0.4 is 4.90 Å². The number of rotatable bonds is 4. The minimum absolute atomic E-state index is 0.144. The van der Waals surface area contributed by atoms with Gasteiger partial charge in [0.2, 0.25) is 15.8 Å². The number of ether oxygens (including phenoxy) is 1. The summed E-state index contributed by atoms with van der Waals surface area (Å²) in [6, 6.07) is 4.70. The number of fused-ring (bicyclic) bond motifs is 3. The molecule has 0 bridgehead atoms. The van der Waals surface area contributed by atoms with Crippen molar-refractivity contribution in [1.82, 2.24) is 4.31 Å². The van der Waals surface area contributed by atoms with Crippen molar-refractivity contribution in [3.8, 4) is 0 Å². The molecule has 0 aliphatic carbocycles. The lowest BCUT2D eigenvalue weighted by Gasteiger charge is -2.24. The van der Waals surface area contributed by atoms with Crippen LogP contribution in [0.4, 0.5) is 5.69 Å². The molecular weight excluding hydrogens is 342 g/mol. The maximum atomic E-state index is 13.1. The summed E-state index contributed by atoms with van der Waals surface area (Å²) in [6.07, 6.45) is 2.51.